The Labute approximate surface area is 325 Å². The number of hydrogen-bond acceptors (Lipinski definition) is 10. The molecule has 3 atom stereocenters. The number of pyridine rings is 2. The molecule has 3 aromatic carbocycles. The van der Waals surface area contributed by atoms with E-state index in [1.54, 1.807) is 43.5 Å². The number of nitrogens with one attached hydrogen (secondary N) is 1. The minimum atomic E-state index is -4.76. The number of anilines is 2. The van der Waals surface area contributed by atoms with E-state index in [1.165, 1.54) is 18.3 Å². The summed E-state index contributed by atoms with van der Waals surface area (Å²) in [4.78, 5) is 29.7. The molecule has 0 bridgehead atoms. The molecule has 9 rings (SSSR count). The summed E-state index contributed by atoms with van der Waals surface area (Å²) in [6, 6.07) is 17.3. The van der Waals surface area contributed by atoms with Gasteiger partial charge in [-0.15, -0.1) is 0 Å². The van der Waals surface area contributed by atoms with Gasteiger partial charge in [-0.2, -0.15) is 18.4 Å². The van der Waals surface area contributed by atoms with Gasteiger partial charge in [0.2, 0.25) is 5.89 Å². The molecule has 3 aliphatic rings. The Hall–Kier alpha value is -5.88. The molecule has 2 aliphatic heterocycles. The fraction of sp³-hybridized carbons (Fsp3) is 0.326. The second-order valence-corrected chi connectivity index (χ2v) is 15.3. The van der Waals surface area contributed by atoms with Gasteiger partial charge < -0.3 is 19.9 Å². The van der Waals surface area contributed by atoms with Crippen LogP contribution in [0.5, 0.6) is 0 Å². The predicted octanol–water partition coefficient (Wildman–Crippen LogP) is 8.01. The number of β-amino-alcohol motifs (C(OH)–C–C–N with tert-alkyl or cyclic N) is 1. The van der Waals surface area contributed by atoms with Crippen molar-refractivity contribution in [2.24, 2.45) is 5.92 Å². The first-order valence-electron chi connectivity index (χ1n) is 19.0. The van der Waals surface area contributed by atoms with Crippen molar-refractivity contribution in [2.45, 2.75) is 57.5 Å². The van der Waals surface area contributed by atoms with E-state index in [-0.39, 0.29) is 35.1 Å². The lowest BCUT2D eigenvalue weighted by atomic mass is 9.92. The maximum atomic E-state index is 15.2. The Morgan fingerprint density at radius 2 is 1.84 bits per heavy atom. The normalized spacial score (nSPS) is 20.0. The van der Waals surface area contributed by atoms with Crippen LogP contribution >= 0.6 is 0 Å². The summed E-state index contributed by atoms with van der Waals surface area (Å²) in [5.74, 6) is -0.872. The number of likely N-dealkylation sites (tertiary alicyclic amines) is 2. The first-order valence-corrected chi connectivity index (χ1v) is 19.0. The molecule has 0 saturated carbocycles. The molecule has 3 N–H and O–H groups in total. The van der Waals surface area contributed by atoms with E-state index in [0.29, 0.717) is 84.3 Å². The van der Waals surface area contributed by atoms with Gasteiger partial charge in [-0.05, 0) is 103 Å². The summed E-state index contributed by atoms with van der Waals surface area (Å²) in [6.45, 7) is 4.77. The third-order valence-corrected chi connectivity index (χ3v) is 11.7. The Morgan fingerprint density at radius 1 is 1.04 bits per heavy atom. The highest BCUT2D eigenvalue weighted by Crippen LogP contribution is 2.46. The predicted molar refractivity (Wildman–Crippen MR) is 206 cm³/mol. The van der Waals surface area contributed by atoms with Crippen LogP contribution in [0, 0.1) is 24.2 Å². The molecular formula is C43H38F3N7O4. The smallest absolute Gasteiger partial charge is 0.419 e. The average molecular weight is 774 g/mol. The zero-order valence-corrected chi connectivity index (χ0v) is 31.0. The summed E-state index contributed by atoms with van der Waals surface area (Å²) in [5, 5.41) is 33.5. The standard InChI is InChI=1S/C43H38F3N7O4/c1-23-28(4-2-5-29(23)41-51-35-17-32-30(33(18-47)39(35)57-41)8-9-36(32)53-15-11-26(21-53)42(55)56)31-6-3-7-34(37(31)43(44,45)46)50-40-38-25(10-13-48-40)16-24(19-49-38)20-52-14-12-27(54)22-52/h2-7,10,13,16-17,19,26-27,36,54H,8-9,11-12,14-15,20-22H2,1H3,(H,48,50)(H,55,56)/t26-,27-,36-/m1/s1. The van der Waals surface area contributed by atoms with Gasteiger partial charge in [-0.3, -0.25) is 19.6 Å². The molecule has 1 aliphatic carbocycles. The summed E-state index contributed by atoms with van der Waals surface area (Å²) in [7, 11) is 0. The third kappa shape index (κ3) is 6.65. The van der Waals surface area contributed by atoms with Gasteiger partial charge in [-0.1, -0.05) is 24.3 Å². The molecule has 0 spiro atoms. The van der Waals surface area contributed by atoms with Crippen LogP contribution in [0.1, 0.15) is 58.7 Å². The van der Waals surface area contributed by atoms with Crippen LogP contribution in [-0.4, -0.2) is 73.2 Å². The maximum absolute atomic E-state index is 15.2. The molecule has 5 heterocycles. The molecule has 290 valence electrons. The van der Waals surface area contributed by atoms with E-state index in [9.17, 15) is 20.3 Å². The van der Waals surface area contributed by atoms with Crippen molar-refractivity contribution in [3.63, 3.8) is 0 Å². The third-order valence-electron chi connectivity index (χ3n) is 11.7. The molecule has 14 heteroatoms. The second-order valence-electron chi connectivity index (χ2n) is 15.3. The SMILES string of the molecule is Cc1c(-c2nc3cc4c(c(C#N)c3o2)CC[C@H]4N2CC[C@@H](C(=O)O)C2)cccc1-c1cccc(Nc2nccc3cc(CN4CC[C@@H](O)C4)cnc23)c1C(F)(F)F. The van der Waals surface area contributed by atoms with Gasteiger partial charge in [0.15, 0.2) is 11.4 Å². The molecule has 0 amide bonds. The number of aliphatic carboxylic acids is 1. The zero-order valence-electron chi connectivity index (χ0n) is 31.0. The van der Waals surface area contributed by atoms with Crippen LogP contribution in [0.2, 0.25) is 0 Å². The molecule has 2 fully saturated rings. The largest absolute Gasteiger partial charge is 0.481 e. The Morgan fingerprint density at radius 3 is 2.60 bits per heavy atom. The zero-order chi connectivity index (χ0) is 39.6. The molecular weight excluding hydrogens is 736 g/mol. The van der Waals surface area contributed by atoms with Crippen LogP contribution in [-0.2, 0) is 23.9 Å². The van der Waals surface area contributed by atoms with E-state index in [2.05, 4.69) is 31.2 Å². The summed E-state index contributed by atoms with van der Waals surface area (Å²) in [6.07, 6.45) is 0.789. The highest BCUT2D eigenvalue weighted by Gasteiger charge is 2.39. The maximum Gasteiger partial charge on any atom is 0.419 e. The molecule has 2 saturated heterocycles. The van der Waals surface area contributed by atoms with Gasteiger partial charge in [-0.25, -0.2) is 9.97 Å². The molecule has 3 aromatic heterocycles. The molecule has 57 heavy (non-hydrogen) atoms. The van der Waals surface area contributed by atoms with E-state index in [0.717, 1.165) is 35.0 Å². The number of halogens is 3. The summed E-state index contributed by atoms with van der Waals surface area (Å²) >= 11 is 0. The number of carboxylic acids is 1. The van der Waals surface area contributed by atoms with E-state index < -0.39 is 23.6 Å². The lowest BCUT2D eigenvalue weighted by Crippen LogP contribution is -2.26. The molecule has 0 unspecified atom stereocenters. The quantitative estimate of drug-likeness (QED) is 0.138. The second kappa shape index (κ2) is 14.3. The van der Waals surface area contributed by atoms with Crippen LogP contribution < -0.4 is 5.32 Å². The lowest BCUT2D eigenvalue weighted by molar-refractivity contribution is -0.141. The van der Waals surface area contributed by atoms with Gasteiger partial charge in [0.05, 0.1) is 23.3 Å². The van der Waals surface area contributed by atoms with Crippen molar-refractivity contribution >= 4 is 39.5 Å². The minimum absolute atomic E-state index is 0.0410. The minimum Gasteiger partial charge on any atom is -0.481 e. The number of carboxylic acid groups (broad SMARTS) is 1. The first kappa shape index (κ1) is 36.7. The summed E-state index contributed by atoms with van der Waals surface area (Å²) < 4.78 is 51.9. The fourth-order valence-corrected chi connectivity index (χ4v) is 8.98. The number of carbonyl (C=O) groups is 1. The molecule has 0 radical (unpaired) electrons. The van der Waals surface area contributed by atoms with Crippen LogP contribution in [0.3, 0.4) is 0 Å². The van der Waals surface area contributed by atoms with Gasteiger partial charge >= 0.3 is 12.1 Å². The number of nitriles is 1. The highest BCUT2D eigenvalue weighted by molar-refractivity contribution is 5.92. The number of oxazole rings is 1. The van der Waals surface area contributed by atoms with E-state index >= 15 is 13.2 Å². The number of hydrogen-bond donors (Lipinski definition) is 3. The van der Waals surface area contributed by atoms with Crippen molar-refractivity contribution in [1.29, 1.82) is 5.26 Å². The monoisotopic (exact) mass is 773 g/mol. The number of alkyl halides is 3. The molecule has 11 nitrogen and oxygen atoms in total. The van der Waals surface area contributed by atoms with Crippen molar-refractivity contribution in [2.75, 3.05) is 31.5 Å². The van der Waals surface area contributed by atoms with Crippen molar-refractivity contribution in [3.05, 3.63) is 100 Å². The van der Waals surface area contributed by atoms with E-state index in [4.69, 9.17) is 9.40 Å². The first-order chi connectivity index (χ1) is 27.5. The number of fused-ring (bicyclic) bond motifs is 3. The van der Waals surface area contributed by atoms with E-state index in [1.807, 2.05) is 12.1 Å². The number of aliphatic hydroxyl groups is 1. The Balaban J connectivity index is 1.06. The number of aliphatic hydroxyl groups excluding tert-OH is 1. The Kier molecular flexibility index (Phi) is 9.19. The van der Waals surface area contributed by atoms with Crippen LogP contribution in [0.25, 0.3) is 44.6 Å². The number of benzene rings is 3. The lowest BCUT2D eigenvalue weighted by Gasteiger charge is -2.24. The topological polar surface area (TPSA) is 152 Å². The number of aromatic nitrogens is 3. The van der Waals surface area contributed by atoms with Crippen molar-refractivity contribution < 1.29 is 32.6 Å². The van der Waals surface area contributed by atoms with Gasteiger partial charge in [0.25, 0.3) is 0 Å². The van der Waals surface area contributed by atoms with Gasteiger partial charge in [0, 0.05) is 55.6 Å². The average Bonchev–Trinajstić information content (AvgIpc) is 4.00. The number of nitrogens with zero attached hydrogens (tertiary/aromatic N) is 6. The van der Waals surface area contributed by atoms with Crippen LogP contribution in [0.4, 0.5) is 24.7 Å². The van der Waals surface area contributed by atoms with Crippen molar-refractivity contribution in [3.8, 4) is 28.7 Å². The van der Waals surface area contributed by atoms with Crippen molar-refractivity contribution in [1.82, 2.24) is 24.8 Å². The highest BCUT2D eigenvalue weighted by atomic mass is 19.4. The summed E-state index contributed by atoms with van der Waals surface area (Å²) in [5.41, 5.74) is 4.55. The van der Waals surface area contributed by atoms with Crippen LogP contribution in [0.15, 0.2) is 71.4 Å². The Bertz CT molecular complexity index is 2620. The number of rotatable bonds is 8. The fourth-order valence-electron chi connectivity index (χ4n) is 8.98. The molecule has 6 aromatic rings. The van der Waals surface area contributed by atoms with Gasteiger partial charge in [0.1, 0.15) is 22.7 Å².